The summed E-state index contributed by atoms with van der Waals surface area (Å²) < 4.78 is 11.1. The molecular weight excluding hydrogens is 396 g/mol. The number of benzene rings is 2. The quantitative estimate of drug-likeness (QED) is 0.495. The zero-order valence-corrected chi connectivity index (χ0v) is 16.0. The van der Waals surface area contributed by atoms with E-state index in [0.29, 0.717) is 27.7 Å². The van der Waals surface area contributed by atoms with Crippen molar-refractivity contribution >= 4 is 28.9 Å². The summed E-state index contributed by atoms with van der Waals surface area (Å²) in [5.74, 6) is -0.0411. The summed E-state index contributed by atoms with van der Waals surface area (Å²) in [5, 5.41) is 11.9. The molecule has 4 rings (SSSR count). The maximum absolute atomic E-state index is 12.4. The van der Waals surface area contributed by atoms with E-state index in [0.717, 1.165) is 10.4 Å². The van der Waals surface area contributed by atoms with Crippen LogP contribution in [-0.2, 0) is 0 Å². The van der Waals surface area contributed by atoms with Gasteiger partial charge in [0.2, 0.25) is 5.88 Å². The van der Waals surface area contributed by atoms with Crippen LogP contribution in [0, 0.1) is 11.3 Å². The van der Waals surface area contributed by atoms with Crippen molar-refractivity contribution < 1.29 is 14.3 Å². The molecule has 7 heteroatoms. The first-order valence-corrected chi connectivity index (χ1v) is 9.55. The monoisotopic (exact) mass is 408 g/mol. The predicted octanol–water partition coefficient (Wildman–Crippen LogP) is 4.84. The Balaban J connectivity index is 1.67. The number of hydrogen-bond donors (Lipinski definition) is 1. The van der Waals surface area contributed by atoms with Crippen molar-refractivity contribution in [2.24, 2.45) is 5.73 Å². The Morgan fingerprint density at radius 2 is 2.07 bits per heavy atom. The first kappa shape index (κ1) is 18.1. The third kappa shape index (κ3) is 3.33. The van der Waals surface area contributed by atoms with Gasteiger partial charge >= 0.3 is 5.97 Å². The number of nitrogens with two attached hydrogens (primary N) is 1. The first-order valence-electron chi connectivity index (χ1n) is 8.29. The molecule has 2 aromatic carbocycles. The van der Waals surface area contributed by atoms with E-state index in [2.05, 4.69) is 6.07 Å². The number of nitrogens with zero attached hydrogens (tertiary/aromatic N) is 1. The number of fused-ring (bicyclic) bond motifs is 1. The van der Waals surface area contributed by atoms with Crippen molar-refractivity contribution in [1.29, 1.82) is 5.26 Å². The number of nitriles is 1. The van der Waals surface area contributed by atoms with Crippen LogP contribution in [0.3, 0.4) is 0 Å². The van der Waals surface area contributed by atoms with Gasteiger partial charge in [0, 0.05) is 21.5 Å². The predicted molar refractivity (Wildman–Crippen MR) is 106 cm³/mol. The van der Waals surface area contributed by atoms with Gasteiger partial charge in [-0.3, -0.25) is 0 Å². The molecule has 1 atom stereocenters. The highest BCUT2D eigenvalue weighted by Gasteiger charge is 2.31. The Hall–Kier alpha value is -3.27. The van der Waals surface area contributed by atoms with E-state index in [-0.39, 0.29) is 11.8 Å². The van der Waals surface area contributed by atoms with E-state index in [4.69, 9.17) is 26.8 Å². The molecule has 0 spiro atoms. The summed E-state index contributed by atoms with van der Waals surface area (Å²) in [7, 11) is 0. The van der Waals surface area contributed by atoms with Crippen LogP contribution in [0.25, 0.3) is 0 Å². The molecule has 0 fully saturated rings. The molecule has 3 aromatic rings. The fourth-order valence-corrected chi connectivity index (χ4v) is 4.07. The molecule has 1 aliphatic rings. The smallest absolute Gasteiger partial charge is 0.343 e. The lowest BCUT2D eigenvalue weighted by Gasteiger charge is -2.25. The van der Waals surface area contributed by atoms with E-state index in [1.165, 1.54) is 17.4 Å². The lowest BCUT2D eigenvalue weighted by Crippen LogP contribution is -2.20. The van der Waals surface area contributed by atoms with E-state index >= 15 is 0 Å². The van der Waals surface area contributed by atoms with E-state index in [9.17, 15) is 10.1 Å². The van der Waals surface area contributed by atoms with Gasteiger partial charge < -0.3 is 15.2 Å². The topological polar surface area (TPSA) is 85.3 Å². The summed E-state index contributed by atoms with van der Waals surface area (Å²) in [4.78, 5) is 13.3. The van der Waals surface area contributed by atoms with Crippen molar-refractivity contribution in [1.82, 2.24) is 0 Å². The second-order valence-corrected chi connectivity index (χ2v) is 7.46. The molecule has 0 amide bonds. The van der Waals surface area contributed by atoms with Crippen LogP contribution < -0.4 is 15.2 Å². The number of hydrogen-bond acceptors (Lipinski definition) is 6. The molecule has 2 heterocycles. The second kappa shape index (κ2) is 7.39. The van der Waals surface area contributed by atoms with Crippen molar-refractivity contribution in [3.8, 4) is 17.6 Å². The SMILES string of the molecule is N#CC1=C(N)Oc2cc(OC(=O)c3cccc(Cl)c3)ccc2C1c1cccs1. The molecule has 1 unspecified atom stereocenters. The molecule has 0 aliphatic carbocycles. The van der Waals surface area contributed by atoms with Gasteiger partial charge in [0.25, 0.3) is 0 Å². The maximum atomic E-state index is 12.4. The van der Waals surface area contributed by atoms with Gasteiger partial charge in [-0.1, -0.05) is 29.8 Å². The first-order chi connectivity index (χ1) is 13.6. The summed E-state index contributed by atoms with van der Waals surface area (Å²) in [6.07, 6.45) is 0. The number of ether oxygens (including phenoxy) is 2. The summed E-state index contributed by atoms with van der Waals surface area (Å²) in [5.41, 5.74) is 7.47. The molecule has 1 aliphatic heterocycles. The van der Waals surface area contributed by atoms with E-state index < -0.39 is 5.97 Å². The van der Waals surface area contributed by atoms with Crippen molar-refractivity contribution in [2.75, 3.05) is 0 Å². The third-order valence-corrected chi connectivity index (χ3v) is 5.46. The van der Waals surface area contributed by atoms with Crippen molar-refractivity contribution in [2.45, 2.75) is 5.92 Å². The number of halogens is 1. The molecule has 0 bridgehead atoms. The van der Waals surface area contributed by atoms with Gasteiger partial charge in [0.15, 0.2) is 0 Å². The molecular formula is C21H13ClN2O3S. The Kier molecular flexibility index (Phi) is 4.78. The number of esters is 1. The number of rotatable bonds is 3. The average Bonchev–Trinajstić information content (AvgIpc) is 3.21. The van der Waals surface area contributed by atoms with Gasteiger partial charge in [0.05, 0.1) is 11.5 Å². The molecule has 2 N–H and O–H groups in total. The highest BCUT2D eigenvalue weighted by atomic mass is 35.5. The summed E-state index contributed by atoms with van der Waals surface area (Å²) in [6, 6.07) is 17.6. The normalized spacial score (nSPS) is 15.4. The van der Waals surface area contributed by atoms with Crippen LogP contribution in [0.5, 0.6) is 11.5 Å². The summed E-state index contributed by atoms with van der Waals surface area (Å²) >= 11 is 7.46. The van der Waals surface area contributed by atoms with Crippen LogP contribution in [0.4, 0.5) is 0 Å². The van der Waals surface area contributed by atoms with Crippen molar-refractivity contribution in [3.05, 3.63) is 92.5 Å². The van der Waals surface area contributed by atoms with Gasteiger partial charge in [0.1, 0.15) is 23.1 Å². The molecule has 0 saturated carbocycles. The zero-order chi connectivity index (χ0) is 19.7. The van der Waals surface area contributed by atoms with Gasteiger partial charge in [-0.2, -0.15) is 5.26 Å². The average molecular weight is 409 g/mol. The van der Waals surface area contributed by atoms with Crippen LogP contribution in [-0.4, -0.2) is 5.97 Å². The van der Waals surface area contributed by atoms with Gasteiger partial charge in [-0.05, 0) is 35.7 Å². The minimum Gasteiger partial charge on any atom is -0.440 e. The zero-order valence-electron chi connectivity index (χ0n) is 14.4. The second-order valence-electron chi connectivity index (χ2n) is 6.04. The fraction of sp³-hybridized carbons (Fsp3) is 0.0476. The van der Waals surface area contributed by atoms with Crippen LogP contribution >= 0.6 is 22.9 Å². The highest BCUT2D eigenvalue weighted by Crippen LogP contribution is 2.44. The molecule has 0 radical (unpaired) electrons. The Morgan fingerprint density at radius 3 is 2.79 bits per heavy atom. The van der Waals surface area contributed by atoms with Crippen LogP contribution in [0.2, 0.25) is 5.02 Å². The maximum Gasteiger partial charge on any atom is 0.343 e. The molecule has 138 valence electrons. The summed E-state index contributed by atoms with van der Waals surface area (Å²) in [6.45, 7) is 0. The Labute approximate surface area is 170 Å². The molecule has 0 saturated heterocycles. The van der Waals surface area contributed by atoms with Crippen LogP contribution in [0.15, 0.2) is 71.4 Å². The molecule has 28 heavy (non-hydrogen) atoms. The number of thiophene rings is 1. The minimum absolute atomic E-state index is 0.0479. The largest absolute Gasteiger partial charge is 0.440 e. The highest BCUT2D eigenvalue weighted by molar-refractivity contribution is 7.10. The molecule has 5 nitrogen and oxygen atoms in total. The lowest BCUT2D eigenvalue weighted by atomic mass is 9.88. The van der Waals surface area contributed by atoms with Gasteiger partial charge in [-0.15, -0.1) is 11.3 Å². The number of allylic oxidation sites excluding steroid dienone is 1. The van der Waals surface area contributed by atoms with Gasteiger partial charge in [-0.25, -0.2) is 4.79 Å². The third-order valence-electron chi connectivity index (χ3n) is 4.29. The van der Waals surface area contributed by atoms with E-state index in [1.54, 1.807) is 36.4 Å². The minimum atomic E-state index is -0.533. The molecule has 1 aromatic heterocycles. The fourth-order valence-electron chi connectivity index (χ4n) is 3.03. The lowest BCUT2D eigenvalue weighted by molar-refractivity contribution is 0.0734. The Bertz CT molecular complexity index is 1130. The van der Waals surface area contributed by atoms with E-state index in [1.807, 2.05) is 17.5 Å². The van der Waals surface area contributed by atoms with Crippen LogP contribution in [0.1, 0.15) is 26.7 Å². The Morgan fingerprint density at radius 1 is 1.21 bits per heavy atom. The number of carbonyl (C=O) groups is 1. The standard InChI is InChI=1S/C21H13ClN2O3S/c22-13-4-1-3-12(9-13)21(25)26-14-6-7-15-17(10-14)27-20(24)16(11-23)19(15)18-5-2-8-28-18/h1-10,19H,24H2. The van der Waals surface area contributed by atoms with Crippen molar-refractivity contribution in [3.63, 3.8) is 0 Å². The number of carbonyl (C=O) groups excluding carboxylic acids is 1.